The Morgan fingerprint density at radius 2 is 2.06 bits per heavy atom. The van der Waals surface area contributed by atoms with Crippen molar-refractivity contribution in [2.75, 3.05) is 12.8 Å². The molecule has 0 aromatic carbocycles. The number of amides is 2. The third-order valence-corrected chi connectivity index (χ3v) is 6.56. The van der Waals surface area contributed by atoms with Crippen LogP contribution in [-0.2, 0) is 33.5 Å². The number of aromatic nitrogens is 1. The van der Waals surface area contributed by atoms with Gasteiger partial charge in [0.15, 0.2) is 22.3 Å². The van der Waals surface area contributed by atoms with Crippen LogP contribution in [0.1, 0.15) is 26.0 Å². The van der Waals surface area contributed by atoms with E-state index in [2.05, 4.69) is 15.5 Å². The summed E-state index contributed by atoms with van der Waals surface area (Å²) in [7, 11) is 1.23. The summed E-state index contributed by atoms with van der Waals surface area (Å²) in [4.78, 5) is 70.1. The molecule has 0 bridgehead atoms. The Hall–Kier alpha value is -3.46. The number of Topliss-reactive ketones (excluding diaryl/α,β-unsaturated/α-hetero) is 1. The molecular weight excluding hydrogens is 478 g/mol. The summed E-state index contributed by atoms with van der Waals surface area (Å²) in [6.07, 6.45) is -0.535. The molecule has 176 valence electrons. The number of hydrogen-bond donors (Lipinski definition) is 3. The Kier molecular flexibility index (Phi) is 7.02. The lowest BCUT2D eigenvalue weighted by molar-refractivity contribution is -0.152. The van der Waals surface area contributed by atoms with Crippen molar-refractivity contribution >= 4 is 63.5 Å². The van der Waals surface area contributed by atoms with Crippen molar-refractivity contribution in [2.24, 2.45) is 5.16 Å². The maximum absolute atomic E-state index is 12.8. The van der Waals surface area contributed by atoms with E-state index in [1.165, 1.54) is 19.4 Å². The molecule has 1 aromatic rings. The Morgan fingerprint density at radius 3 is 2.61 bits per heavy atom. The highest BCUT2D eigenvalue weighted by molar-refractivity contribution is 8.00. The smallest absolute Gasteiger partial charge is 0.356 e. The van der Waals surface area contributed by atoms with E-state index in [1.54, 1.807) is 6.92 Å². The average Bonchev–Trinajstić information content (AvgIpc) is 3.16. The molecule has 0 saturated carbocycles. The number of thioether (sulfide) groups is 1. The summed E-state index contributed by atoms with van der Waals surface area (Å²) in [6, 6.07) is -1.08. The molecule has 3 atom stereocenters. The Bertz CT molecular complexity index is 1100. The minimum Gasteiger partial charge on any atom is -0.476 e. The molecule has 0 spiro atoms. The summed E-state index contributed by atoms with van der Waals surface area (Å²) in [5.41, 5.74) is 5.02. The number of nitrogen functional groups attached to an aromatic ring is 1. The van der Waals surface area contributed by atoms with Crippen LogP contribution in [-0.4, -0.2) is 74.0 Å². The van der Waals surface area contributed by atoms with Gasteiger partial charge in [0.2, 0.25) is 0 Å². The number of β-lactam (4-membered cyclic amide) rings is 1. The number of carbonyl (C=O) groups excluding carboxylic acids is 4. The van der Waals surface area contributed by atoms with Gasteiger partial charge in [-0.3, -0.25) is 24.1 Å². The topological polar surface area (TPSA) is 191 Å². The molecule has 0 radical (unpaired) electrons. The zero-order valence-corrected chi connectivity index (χ0v) is 19.2. The number of ether oxygens (including phenoxy) is 1. The van der Waals surface area contributed by atoms with Gasteiger partial charge in [0.25, 0.3) is 11.8 Å². The normalized spacial score (nSPS) is 22.3. The number of rotatable bonds is 8. The van der Waals surface area contributed by atoms with E-state index in [0.717, 1.165) is 28.0 Å². The average molecular weight is 498 g/mol. The first-order valence-electron chi connectivity index (χ1n) is 9.34. The van der Waals surface area contributed by atoms with Crippen molar-refractivity contribution in [1.29, 1.82) is 0 Å². The Balaban J connectivity index is 1.83. The standard InChI is InChI=1S/C18H19N5O8S2/c1-6(24)4-9(25)31-13-7(2)33-16-11(15(27)23(16)12(13)17(28)29)21-14(26)10(22-30-3)8-5-32-18(19)20-8/h5,7,11,16H,4H2,1-3H3,(H2,19,20)(H,21,26)(H,28,29)/b22-10-/t7?,11-,16-/m1/s1. The summed E-state index contributed by atoms with van der Waals surface area (Å²) in [6.45, 7) is 2.77. The van der Waals surface area contributed by atoms with Crippen molar-refractivity contribution in [3.63, 3.8) is 0 Å². The third kappa shape index (κ3) is 4.83. The van der Waals surface area contributed by atoms with E-state index >= 15 is 0 Å². The van der Waals surface area contributed by atoms with Crippen LogP contribution in [0.4, 0.5) is 5.13 Å². The zero-order valence-electron chi connectivity index (χ0n) is 17.6. The SMILES string of the molecule is CO/N=C(\C(=O)N[C@@H]1C(=O)N2C(C(=O)O)=C(OC(=O)CC(C)=O)C(C)S[C@H]12)c1csc(N)n1. The van der Waals surface area contributed by atoms with Crippen molar-refractivity contribution in [3.8, 4) is 0 Å². The van der Waals surface area contributed by atoms with Crippen LogP contribution in [0.5, 0.6) is 0 Å². The highest BCUT2D eigenvalue weighted by Crippen LogP contribution is 2.44. The van der Waals surface area contributed by atoms with Gasteiger partial charge in [0.1, 0.15) is 36.4 Å². The zero-order chi connectivity index (χ0) is 24.4. The maximum atomic E-state index is 12.8. The van der Waals surface area contributed by atoms with E-state index in [0.29, 0.717) is 0 Å². The highest BCUT2D eigenvalue weighted by atomic mass is 32.2. The highest BCUT2D eigenvalue weighted by Gasteiger charge is 2.56. The molecule has 15 heteroatoms. The number of carboxylic acid groups (broad SMARTS) is 1. The summed E-state index contributed by atoms with van der Waals surface area (Å²) < 4.78 is 5.12. The van der Waals surface area contributed by atoms with Gasteiger partial charge in [0.05, 0.1) is 5.25 Å². The Labute approximate surface area is 195 Å². The molecule has 13 nitrogen and oxygen atoms in total. The quantitative estimate of drug-likeness (QED) is 0.140. The van der Waals surface area contributed by atoms with Crippen molar-refractivity contribution in [1.82, 2.24) is 15.2 Å². The van der Waals surface area contributed by atoms with Crippen LogP contribution >= 0.6 is 23.1 Å². The molecule has 1 unspecified atom stereocenters. The fraction of sp³-hybridized carbons (Fsp3) is 0.389. The molecule has 33 heavy (non-hydrogen) atoms. The number of esters is 1. The third-order valence-electron chi connectivity index (χ3n) is 4.50. The van der Waals surface area contributed by atoms with Crippen LogP contribution in [0.15, 0.2) is 22.0 Å². The number of oxime groups is 1. The lowest BCUT2D eigenvalue weighted by Crippen LogP contribution is -2.71. The molecule has 3 rings (SSSR count). The van der Waals surface area contributed by atoms with Gasteiger partial charge in [-0.2, -0.15) is 0 Å². The van der Waals surface area contributed by atoms with Gasteiger partial charge in [-0.25, -0.2) is 9.78 Å². The molecule has 1 saturated heterocycles. The van der Waals surface area contributed by atoms with Gasteiger partial charge in [-0.15, -0.1) is 23.1 Å². The van der Waals surface area contributed by atoms with E-state index in [9.17, 15) is 29.1 Å². The minimum absolute atomic E-state index is 0.149. The van der Waals surface area contributed by atoms with Gasteiger partial charge in [0, 0.05) is 5.38 Å². The second kappa shape index (κ2) is 9.58. The number of ketones is 1. The van der Waals surface area contributed by atoms with E-state index < -0.39 is 58.3 Å². The van der Waals surface area contributed by atoms with Crippen LogP contribution in [0.25, 0.3) is 0 Å². The number of aliphatic carboxylic acids is 1. The van der Waals surface area contributed by atoms with E-state index in [4.69, 9.17) is 15.3 Å². The molecule has 0 aliphatic carbocycles. The molecule has 2 aliphatic rings. The van der Waals surface area contributed by atoms with Gasteiger partial charge >= 0.3 is 11.9 Å². The largest absolute Gasteiger partial charge is 0.476 e. The minimum atomic E-state index is -1.49. The van der Waals surface area contributed by atoms with Crippen molar-refractivity contribution < 1.29 is 38.7 Å². The first-order chi connectivity index (χ1) is 15.5. The molecular formula is C18H19N5O8S2. The Morgan fingerprint density at radius 1 is 1.36 bits per heavy atom. The van der Waals surface area contributed by atoms with Crippen molar-refractivity contribution in [3.05, 3.63) is 22.5 Å². The second-order valence-electron chi connectivity index (χ2n) is 6.89. The first kappa shape index (κ1) is 24.2. The molecule has 2 amide bonds. The summed E-state index contributed by atoms with van der Waals surface area (Å²) in [5.74, 6) is -4.61. The molecule has 2 aliphatic heterocycles. The monoisotopic (exact) mass is 497 g/mol. The molecule has 1 aromatic heterocycles. The number of thiazole rings is 1. The van der Waals surface area contributed by atoms with Crippen molar-refractivity contribution in [2.45, 2.75) is 36.9 Å². The van der Waals surface area contributed by atoms with Gasteiger partial charge in [-0.05, 0) is 13.8 Å². The number of nitrogens with two attached hydrogens (primary N) is 1. The number of carbonyl (C=O) groups is 5. The maximum Gasteiger partial charge on any atom is 0.356 e. The van der Waals surface area contributed by atoms with E-state index in [1.807, 2.05) is 0 Å². The van der Waals surface area contributed by atoms with Gasteiger partial charge < -0.3 is 25.7 Å². The van der Waals surface area contributed by atoms with Crippen LogP contribution in [0, 0.1) is 0 Å². The second-order valence-corrected chi connectivity index (χ2v) is 9.24. The number of hydrogen-bond acceptors (Lipinski definition) is 12. The molecule has 3 heterocycles. The van der Waals surface area contributed by atoms with Crippen LogP contribution in [0.3, 0.4) is 0 Å². The number of nitrogens with zero attached hydrogens (tertiary/aromatic N) is 3. The number of fused-ring (bicyclic) bond motifs is 1. The van der Waals surface area contributed by atoms with Crippen LogP contribution in [0.2, 0.25) is 0 Å². The number of carboxylic acids is 1. The lowest BCUT2D eigenvalue weighted by atomic mass is 10.0. The van der Waals surface area contributed by atoms with Gasteiger partial charge in [-0.1, -0.05) is 5.16 Å². The number of anilines is 1. The summed E-state index contributed by atoms with van der Waals surface area (Å²) >= 11 is 2.19. The predicted octanol–water partition coefficient (Wildman–Crippen LogP) is -0.317. The molecule has 4 N–H and O–H groups in total. The lowest BCUT2D eigenvalue weighted by Gasteiger charge is -2.50. The number of nitrogens with one attached hydrogen (secondary N) is 1. The predicted molar refractivity (Wildman–Crippen MR) is 116 cm³/mol. The van der Waals surface area contributed by atoms with E-state index in [-0.39, 0.29) is 22.3 Å². The molecule has 1 fully saturated rings. The fourth-order valence-electron chi connectivity index (χ4n) is 3.16. The summed E-state index contributed by atoms with van der Waals surface area (Å²) in [5, 5.41) is 16.1. The van der Waals surface area contributed by atoms with Crippen LogP contribution < -0.4 is 11.1 Å². The fourth-order valence-corrected chi connectivity index (χ4v) is 5.08. The first-order valence-corrected chi connectivity index (χ1v) is 11.2.